The van der Waals surface area contributed by atoms with Crippen LogP contribution in [0.15, 0.2) is 24.3 Å². The first-order valence-corrected chi connectivity index (χ1v) is 9.39. The van der Waals surface area contributed by atoms with Gasteiger partial charge in [0, 0.05) is 32.5 Å². The lowest BCUT2D eigenvalue weighted by Gasteiger charge is -2.45. The van der Waals surface area contributed by atoms with E-state index >= 15 is 0 Å². The number of likely N-dealkylation sites (tertiary alicyclic amines) is 2. The van der Waals surface area contributed by atoms with Crippen molar-refractivity contribution in [2.24, 2.45) is 5.92 Å². The van der Waals surface area contributed by atoms with Crippen LogP contribution in [0.2, 0.25) is 0 Å². The molecule has 1 aromatic rings. The minimum atomic E-state index is -0.0471. The van der Waals surface area contributed by atoms with Gasteiger partial charge in [-0.15, -0.1) is 0 Å². The van der Waals surface area contributed by atoms with Gasteiger partial charge in [-0.1, -0.05) is 18.2 Å². The van der Waals surface area contributed by atoms with Crippen molar-refractivity contribution in [2.45, 2.75) is 44.1 Å². The predicted octanol–water partition coefficient (Wildman–Crippen LogP) is 2.71. The fourth-order valence-corrected chi connectivity index (χ4v) is 4.57. The minimum Gasteiger partial charge on any atom is -0.487 e. The number of benzene rings is 1. The third-order valence-electron chi connectivity index (χ3n) is 6.11. The third kappa shape index (κ3) is 3.04. The molecule has 1 atom stereocenters. The quantitative estimate of drug-likeness (QED) is 0.795. The summed E-state index contributed by atoms with van der Waals surface area (Å²) in [5.74, 6) is 1.62. The van der Waals surface area contributed by atoms with Gasteiger partial charge in [-0.3, -0.25) is 4.79 Å². The summed E-state index contributed by atoms with van der Waals surface area (Å²) in [6, 6.07) is 8.39. The highest BCUT2D eigenvalue weighted by Crippen LogP contribution is 2.39. The van der Waals surface area contributed by atoms with E-state index in [1.54, 1.807) is 0 Å². The van der Waals surface area contributed by atoms with Crippen molar-refractivity contribution in [3.8, 4) is 5.75 Å². The molecule has 0 radical (unpaired) electrons. The Balaban J connectivity index is 1.38. The average molecular weight is 328 g/mol. The van der Waals surface area contributed by atoms with Gasteiger partial charge in [0.25, 0.3) is 0 Å². The second kappa shape index (κ2) is 6.40. The van der Waals surface area contributed by atoms with Gasteiger partial charge in [0.15, 0.2) is 0 Å². The monoisotopic (exact) mass is 328 g/mol. The number of amides is 1. The van der Waals surface area contributed by atoms with E-state index in [1.807, 2.05) is 0 Å². The molecule has 0 aromatic heterocycles. The van der Waals surface area contributed by atoms with Gasteiger partial charge in [0.05, 0.1) is 5.92 Å². The molecular formula is C20H28N2O2. The van der Waals surface area contributed by atoms with E-state index in [0.29, 0.717) is 5.91 Å². The van der Waals surface area contributed by atoms with Gasteiger partial charge in [0.2, 0.25) is 5.91 Å². The Morgan fingerprint density at radius 3 is 2.75 bits per heavy atom. The van der Waals surface area contributed by atoms with Crippen molar-refractivity contribution in [1.29, 1.82) is 0 Å². The maximum absolute atomic E-state index is 12.8. The lowest BCUT2D eigenvalue weighted by atomic mass is 9.82. The summed E-state index contributed by atoms with van der Waals surface area (Å²) >= 11 is 0. The Labute approximate surface area is 144 Å². The standard InChI is InChI=1S/C20H28N2O2/c1-21-12-4-6-17(15-21)19(23)22-13-10-20(11-14-22)9-8-16-5-2-3-7-18(16)24-20/h2-3,5,7,17H,4,6,8-15H2,1H3. The van der Waals surface area contributed by atoms with Crippen LogP contribution >= 0.6 is 0 Å². The van der Waals surface area contributed by atoms with E-state index in [0.717, 1.165) is 70.5 Å². The molecule has 0 saturated carbocycles. The molecule has 24 heavy (non-hydrogen) atoms. The first kappa shape index (κ1) is 15.9. The molecule has 4 rings (SSSR count). The molecule has 4 nitrogen and oxygen atoms in total. The van der Waals surface area contributed by atoms with Crippen molar-refractivity contribution in [3.63, 3.8) is 0 Å². The highest BCUT2D eigenvalue weighted by atomic mass is 16.5. The summed E-state index contributed by atoms with van der Waals surface area (Å²) in [6.45, 7) is 3.74. The first-order chi connectivity index (χ1) is 11.7. The lowest BCUT2D eigenvalue weighted by Crippen LogP contribution is -2.53. The molecule has 3 aliphatic rings. The van der Waals surface area contributed by atoms with Gasteiger partial charge < -0.3 is 14.5 Å². The van der Waals surface area contributed by atoms with E-state index in [9.17, 15) is 4.79 Å². The van der Waals surface area contributed by atoms with Crippen LogP contribution in [0.4, 0.5) is 0 Å². The lowest BCUT2D eigenvalue weighted by molar-refractivity contribution is -0.141. The topological polar surface area (TPSA) is 32.8 Å². The highest BCUT2D eigenvalue weighted by molar-refractivity contribution is 5.79. The predicted molar refractivity (Wildman–Crippen MR) is 94.2 cm³/mol. The van der Waals surface area contributed by atoms with Gasteiger partial charge in [-0.25, -0.2) is 0 Å². The van der Waals surface area contributed by atoms with Crippen molar-refractivity contribution < 1.29 is 9.53 Å². The Morgan fingerprint density at radius 1 is 1.17 bits per heavy atom. The van der Waals surface area contributed by atoms with Gasteiger partial charge in [-0.05, 0) is 50.9 Å². The van der Waals surface area contributed by atoms with E-state index in [1.165, 1.54) is 5.56 Å². The molecule has 0 N–H and O–H groups in total. The highest BCUT2D eigenvalue weighted by Gasteiger charge is 2.41. The second-order valence-corrected chi connectivity index (χ2v) is 7.82. The van der Waals surface area contributed by atoms with Crippen LogP contribution < -0.4 is 4.74 Å². The number of hydrogen-bond donors (Lipinski definition) is 0. The Hall–Kier alpha value is -1.55. The Morgan fingerprint density at radius 2 is 1.96 bits per heavy atom. The van der Waals surface area contributed by atoms with E-state index in [4.69, 9.17) is 4.74 Å². The molecule has 2 fully saturated rings. The molecule has 1 amide bonds. The number of ether oxygens (including phenoxy) is 1. The molecule has 4 heteroatoms. The molecule has 3 aliphatic heterocycles. The van der Waals surface area contributed by atoms with E-state index < -0.39 is 0 Å². The molecule has 3 heterocycles. The number of piperidine rings is 2. The van der Waals surface area contributed by atoms with Gasteiger partial charge >= 0.3 is 0 Å². The average Bonchev–Trinajstić information content (AvgIpc) is 2.62. The summed E-state index contributed by atoms with van der Waals surface area (Å²) in [5, 5.41) is 0. The number of rotatable bonds is 1. The number of aryl methyl sites for hydroxylation is 1. The summed E-state index contributed by atoms with van der Waals surface area (Å²) in [5.41, 5.74) is 1.28. The van der Waals surface area contributed by atoms with Crippen LogP contribution in [-0.2, 0) is 11.2 Å². The molecule has 2 saturated heterocycles. The van der Waals surface area contributed by atoms with Crippen molar-refractivity contribution in [2.75, 3.05) is 33.2 Å². The van der Waals surface area contributed by atoms with Crippen LogP contribution in [0.25, 0.3) is 0 Å². The molecular weight excluding hydrogens is 300 g/mol. The maximum Gasteiger partial charge on any atom is 0.226 e. The number of fused-ring (bicyclic) bond motifs is 1. The van der Waals surface area contributed by atoms with Gasteiger partial charge in [0.1, 0.15) is 11.4 Å². The molecule has 0 aliphatic carbocycles. The zero-order chi connectivity index (χ0) is 16.6. The van der Waals surface area contributed by atoms with Crippen LogP contribution in [0, 0.1) is 5.92 Å². The smallest absolute Gasteiger partial charge is 0.226 e. The van der Waals surface area contributed by atoms with Crippen LogP contribution in [-0.4, -0.2) is 54.5 Å². The molecule has 130 valence electrons. The fraction of sp³-hybridized carbons (Fsp3) is 0.650. The van der Waals surface area contributed by atoms with Crippen molar-refractivity contribution in [3.05, 3.63) is 29.8 Å². The second-order valence-electron chi connectivity index (χ2n) is 7.82. The molecule has 0 bridgehead atoms. The zero-order valence-electron chi connectivity index (χ0n) is 14.7. The number of hydrogen-bond acceptors (Lipinski definition) is 3. The van der Waals surface area contributed by atoms with Crippen LogP contribution in [0.3, 0.4) is 0 Å². The van der Waals surface area contributed by atoms with Crippen molar-refractivity contribution in [1.82, 2.24) is 9.80 Å². The molecule has 1 aromatic carbocycles. The number of para-hydroxylation sites is 1. The summed E-state index contributed by atoms with van der Waals surface area (Å²) in [4.78, 5) is 17.2. The normalized spacial score (nSPS) is 26.7. The molecule has 1 unspecified atom stereocenters. The minimum absolute atomic E-state index is 0.0471. The van der Waals surface area contributed by atoms with Crippen LogP contribution in [0.5, 0.6) is 5.75 Å². The summed E-state index contributed by atoms with van der Waals surface area (Å²) in [7, 11) is 2.12. The number of nitrogens with zero attached hydrogens (tertiary/aromatic N) is 2. The van der Waals surface area contributed by atoms with Crippen molar-refractivity contribution >= 4 is 5.91 Å². The summed E-state index contributed by atoms with van der Waals surface area (Å²) < 4.78 is 6.40. The van der Waals surface area contributed by atoms with E-state index in [2.05, 4.69) is 41.1 Å². The number of carbonyl (C=O) groups is 1. The van der Waals surface area contributed by atoms with E-state index in [-0.39, 0.29) is 11.5 Å². The fourth-order valence-electron chi connectivity index (χ4n) is 4.57. The molecule has 1 spiro atoms. The van der Waals surface area contributed by atoms with Gasteiger partial charge in [-0.2, -0.15) is 0 Å². The maximum atomic E-state index is 12.8. The largest absolute Gasteiger partial charge is 0.487 e. The Kier molecular flexibility index (Phi) is 4.25. The summed E-state index contributed by atoms with van der Waals surface area (Å²) in [6.07, 6.45) is 6.31. The SMILES string of the molecule is CN1CCCC(C(=O)N2CCC3(CCc4ccccc4O3)CC2)C1. The first-order valence-electron chi connectivity index (χ1n) is 9.39. The van der Waals surface area contributed by atoms with Crippen LogP contribution in [0.1, 0.15) is 37.7 Å². The number of carbonyl (C=O) groups excluding carboxylic acids is 1. The zero-order valence-corrected chi connectivity index (χ0v) is 14.7. The third-order valence-corrected chi connectivity index (χ3v) is 6.11. The Bertz CT molecular complexity index is 607.